The lowest BCUT2D eigenvalue weighted by Gasteiger charge is -2.28. The number of benzene rings is 1. The Morgan fingerprint density at radius 3 is 2.50 bits per heavy atom. The number of carboxylic acids is 1. The van der Waals surface area contributed by atoms with Gasteiger partial charge in [0.2, 0.25) is 0 Å². The van der Waals surface area contributed by atoms with Crippen molar-refractivity contribution in [1.82, 2.24) is 4.90 Å². The summed E-state index contributed by atoms with van der Waals surface area (Å²) in [5.41, 5.74) is 1.83. The Morgan fingerprint density at radius 2 is 1.96 bits per heavy atom. The molecule has 0 aliphatic carbocycles. The zero-order chi connectivity index (χ0) is 17.6. The minimum Gasteiger partial charge on any atom is -0.481 e. The number of nitrogens with zero attached hydrogens (tertiary/aromatic N) is 1. The van der Waals surface area contributed by atoms with E-state index in [1.165, 1.54) is 0 Å². The Balaban J connectivity index is 2.02. The number of carboxylic acid groups (broad SMARTS) is 1. The number of sulfone groups is 1. The number of methoxy groups -OCH3 is 1. The third-order valence-electron chi connectivity index (χ3n) is 4.28. The van der Waals surface area contributed by atoms with Gasteiger partial charge in [-0.25, -0.2) is 8.42 Å². The predicted octanol–water partition coefficient (Wildman–Crippen LogP) is 1.34. The smallest absolute Gasteiger partial charge is 0.307 e. The molecule has 0 aromatic heterocycles. The van der Waals surface area contributed by atoms with Gasteiger partial charge >= 0.3 is 5.97 Å². The third-order valence-corrected chi connectivity index (χ3v) is 6.03. The van der Waals surface area contributed by atoms with Gasteiger partial charge in [-0.2, -0.15) is 0 Å². The highest BCUT2D eigenvalue weighted by Crippen LogP contribution is 2.20. The summed E-state index contributed by atoms with van der Waals surface area (Å²) in [6.07, 6.45) is 1.54. The van der Waals surface area contributed by atoms with Crippen LogP contribution in [0.5, 0.6) is 0 Å². The van der Waals surface area contributed by atoms with E-state index < -0.39 is 15.8 Å². The normalized spacial score (nSPS) is 19.7. The van der Waals surface area contributed by atoms with Gasteiger partial charge in [-0.05, 0) is 24.0 Å². The van der Waals surface area contributed by atoms with Crippen molar-refractivity contribution in [2.75, 3.05) is 31.8 Å². The van der Waals surface area contributed by atoms with E-state index in [1.807, 2.05) is 24.3 Å². The topological polar surface area (TPSA) is 83.9 Å². The van der Waals surface area contributed by atoms with Crippen molar-refractivity contribution in [1.29, 1.82) is 0 Å². The van der Waals surface area contributed by atoms with Gasteiger partial charge < -0.3 is 9.84 Å². The number of hydrogen-bond donors (Lipinski definition) is 1. The van der Waals surface area contributed by atoms with Crippen molar-refractivity contribution in [2.45, 2.75) is 31.8 Å². The summed E-state index contributed by atoms with van der Waals surface area (Å²) in [4.78, 5) is 12.9. The summed E-state index contributed by atoms with van der Waals surface area (Å²) < 4.78 is 28.6. The number of carbonyl (C=O) groups is 1. The molecule has 1 aliphatic rings. The molecule has 7 heteroatoms. The number of ether oxygens (including phenoxy) is 1. The van der Waals surface area contributed by atoms with E-state index in [4.69, 9.17) is 9.84 Å². The van der Waals surface area contributed by atoms with Gasteiger partial charge in [-0.15, -0.1) is 0 Å². The molecule has 1 atom stereocenters. The second-order valence-electron chi connectivity index (χ2n) is 6.26. The number of aliphatic carboxylic acids is 1. The van der Waals surface area contributed by atoms with Crippen molar-refractivity contribution in [3.63, 3.8) is 0 Å². The highest BCUT2D eigenvalue weighted by molar-refractivity contribution is 7.91. The summed E-state index contributed by atoms with van der Waals surface area (Å²) >= 11 is 0. The molecule has 24 heavy (non-hydrogen) atoms. The summed E-state index contributed by atoms with van der Waals surface area (Å²) in [5.74, 6) is -0.368. The second-order valence-corrected chi connectivity index (χ2v) is 8.49. The molecule has 0 saturated carbocycles. The fourth-order valence-corrected chi connectivity index (χ4v) is 4.80. The molecular weight excluding hydrogens is 330 g/mol. The van der Waals surface area contributed by atoms with E-state index in [1.54, 1.807) is 7.11 Å². The first kappa shape index (κ1) is 18.9. The van der Waals surface area contributed by atoms with Crippen molar-refractivity contribution in [2.24, 2.45) is 0 Å². The lowest BCUT2D eigenvalue weighted by atomic mass is 10.1. The molecule has 1 unspecified atom stereocenters. The number of hydrogen-bond acceptors (Lipinski definition) is 5. The monoisotopic (exact) mass is 355 g/mol. The SMILES string of the molecule is COCCCN(Cc1ccc(CC(=O)O)cc1)C1CCS(=O)(=O)C1. The van der Waals surface area contributed by atoms with Crippen LogP contribution in [-0.2, 0) is 32.3 Å². The van der Waals surface area contributed by atoms with Crippen LogP contribution in [0, 0.1) is 0 Å². The lowest BCUT2D eigenvalue weighted by Crippen LogP contribution is -2.36. The van der Waals surface area contributed by atoms with Crippen LogP contribution in [0.25, 0.3) is 0 Å². The quantitative estimate of drug-likeness (QED) is 0.673. The molecule has 1 saturated heterocycles. The lowest BCUT2D eigenvalue weighted by molar-refractivity contribution is -0.136. The van der Waals surface area contributed by atoms with Crippen LogP contribution < -0.4 is 0 Å². The summed E-state index contributed by atoms with van der Waals surface area (Å²) in [6.45, 7) is 2.09. The molecule has 0 radical (unpaired) electrons. The average molecular weight is 355 g/mol. The fourth-order valence-electron chi connectivity index (χ4n) is 3.04. The van der Waals surface area contributed by atoms with E-state index in [9.17, 15) is 13.2 Å². The van der Waals surface area contributed by atoms with Crippen LogP contribution in [0.4, 0.5) is 0 Å². The Bertz CT molecular complexity index is 641. The van der Waals surface area contributed by atoms with E-state index in [2.05, 4.69) is 4.90 Å². The first-order chi connectivity index (χ1) is 11.4. The summed E-state index contributed by atoms with van der Waals surface area (Å²) in [5, 5.41) is 8.82. The van der Waals surface area contributed by atoms with Gasteiger partial charge in [0.15, 0.2) is 9.84 Å². The van der Waals surface area contributed by atoms with E-state index in [0.717, 1.165) is 24.1 Å². The average Bonchev–Trinajstić information content (AvgIpc) is 2.88. The molecule has 0 bridgehead atoms. The predicted molar refractivity (Wildman–Crippen MR) is 91.7 cm³/mol. The van der Waals surface area contributed by atoms with Gasteiger partial charge in [0.1, 0.15) is 0 Å². The Hall–Kier alpha value is -1.44. The zero-order valence-corrected chi connectivity index (χ0v) is 14.8. The molecule has 1 N–H and O–H groups in total. The maximum atomic E-state index is 11.8. The molecule has 134 valence electrons. The minimum absolute atomic E-state index is 0.0126. The van der Waals surface area contributed by atoms with Gasteiger partial charge in [0, 0.05) is 32.8 Å². The first-order valence-corrected chi connectivity index (χ1v) is 9.95. The van der Waals surface area contributed by atoms with Crippen LogP contribution >= 0.6 is 0 Å². The standard InChI is InChI=1S/C17H25NO5S/c1-23-9-2-8-18(16-7-10-24(21,22)13-16)12-15-5-3-14(4-6-15)11-17(19)20/h3-6,16H,2,7-13H2,1H3,(H,19,20). The number of rotatable bonds is 9. The van der Waals surface area contributed by atoms with Gasteiger partial charge in [-0.1, -0.05) is 24.3 Å². The largest absolute Gasteiger partial charge is 0.481 e. The Morgan fingerprint density at radius 1 is 1.29 bits per heavy atom. The molecule has 1 aromatic rings. The van der Waals surface area contributed by atoms with Crippen LogP contribution in [0.3, 0.4) is 0 Å². The maximum Gasteiger partial charge on any atom is 0.307 e. The van der Waals surface area contributed by atoms with Crippen LogP contribution in [-0.4, -0.2) is 62.2 Å². The van der Waals surface area contributed by atoms with E-state index in [-0.39, 0.29) is 24.0 Å². The molecule has 1 fully saturated rings. The molecular formula is C17H25NO5S. The van der Waals surface area contributed by atoms with Gasteiger partial charge in [0.05, 0.1) is 17.9 Å². The van der Waals surface area contributed by atoms with Crippen LogP contribution in [0.2, 0.25) is 0 Å². The van der Waals surface area contributed by atoms with Crippen molar-refractivity contribution in [3.05, 3.63) is 35.4 Å². The highest BCUT2D eigenvalue weighted by atomic mass is 32.2. The minimum atomic E-state index is -2.92. The molecule has 0 spiro atoms. The molecule has 1 heterocycles. The third kappa shape index (κ3) is 5.89. The summed E-state index contributed by atoms with van der Waals surface area (Å²) in [6, 6.07) is 7.53. The highest BCUT2D eigenvalue weighted by Gasteiger charge is 2.31. The molecule has 1 aromatic carbocycles. The molecule has 2 rings (SSSR count). The van der Waals surface area contributed by atoms with E-state index >= 15 is 0 Å². The van der Waals surface area contributed by atoms with Gasteiger partial charge in [0.25, 0.3) is 0 Å². The fraction of sp³-hybridized carbons (Fsp3) is 0.588. The molecule has 6 nitrogen and oxygen atoms in total. The van der Waals surface area contributed by atoms with Crippen molar-refractivity contribution in [3.8, 4) is 0 Å². The first-order valence-electron chi connectivity index (χ1n) is 8.12. The van der Waals surface area contributed by atoms with Crippen LogP contribution in [0.15, 0.2) is 24.3 Å². The second kappa shape index (κ2) is 8.60. The van der Waals surface area contributed by atoms with Gasteiger partial charge in [-0.3, -0.25) is 9.69 Å². The Labute approximate surface area is 143 Å². The van der Waals surface area contributed by atoms with E-state index in [0.29, 0.717) is 19.6 Å². The van der Waals surface area contributed by atoms with Crippen molar-refractivity contribution >= 4 is 15.8 Å². The van der Waals surface area contributed by atoms with Crippen molar-refractivity contribution < 1.29 is 23.1 Å². The van der Waals surface area contributed by atoms with Crippen LogP contribution in [0.1, 0.15) is 24.0 Å². The maximum absolute atomic E-state index is 11.8. The molecule has 1 aliphatic heterocycles. The summed E-state index contributed by atoms with van der Waals surface area (Å²) in [7, 11) is -1.26. The zero-order valence-electron chi connectivity index (χ0n) is 14.0. The molecule has 0 amide bonds. The Kier molecular flexibility index (Phi) is 6.77.